The largest absolute Gasteiger partial charge is 0.347 e. The van der Waals surface area contributed by atoms with Crippen LogP contribution in [-0.4, -0.2) is 50.2 Å². The molecule has 1 aliphatic heterocycles. The molecule has 1 aliphatic rings. The number of hydrogen-bond donors (Lipinski definition) is 0. The number of amides is 1. The normalized spacial score (nSPS) is 20.7. The smallest absolute Gasteiger partial charge is 0.253 e. The van der Waals surface area contributed by atoms with Crippen LogP contribution in [0.15, 0.2) is 20.1 Å². The molecule has 1 fully saturated rings. The van der Waals surface area contributed by atoms with Gasteiger partial charge in [0.25, 0.3) is 10.0 Å². The summed E-state index contributed by atoms with van der Waals surface area (Å²) in [5.74, 6) is -0.156. The second-order valence-corrected chi connectivity index (χ2v) is 9.15. The molecule has 1 aromatic rings. The molecule has 0 N–H and O–H groups in total. The van der Waals surface area contributed by atoms with Gasteiger partial charge in [-0.2, -0.15) is 4.31 Å². The van der Waals surface area contributed by atoms with Gasteiger partial charge in [0.2, 0.25) is 5.91 Å². The zero-order valence-electron chi connectivity index (χ0n) is 10.7. The van der Waals surface area contributed by atoms with Crippen LogP contribution in [0.1, 0.15) is 12.8 Å². The molecule has 106 valence electrons. The molecule has 1 unspecified atom stereocenters. The molecular weight excluding hydrogens is 352 g/mol. The van der Waals surface area contributed by atoms with E-state index in [4.69, 9.17) is 0 Å². The monoisotopic (exact) mass is 366 g/mol. The summed E-state index contributed by atoms with van der Waals surface area (Å²) in [6.45, 7) is 0.405. The Balaban J connectivity index is 2.32. The maximum absolute atomic E-state index is 12.5. The van der Waals surface area contributed by atoms with E-state index in [-0.39, 0.29) is 10.1 Å². The van der Waals surface area contributed by atoms with E-state index in [1.807, 2.05) is 0 Å². The molecule has 1 amide bonds. The Morgan fingerprint density at radius 1 is 1.47 bits per heavy atom. The Morgan fingerprint density at radius 2 is 2.16 bits per heavy atom. The SMILES string of the molecule is CN(C)C(=O)C1CCCN1S(=O)(=O)c1ccc(Br)s1. The van der Waals surface area contributed by atoms with E-state index in [1.54, 1.807) is 26.2 Å². The van der Waals surface area contributed by atoms with Crippen molar-refractivity contribution in [3.05, 3.63) is 15.9 Å². The lowest BCUT2D eigenvalue weighted by atomic mass is 10.2. The van der Waals surface area contributed by atoms with Crippen molar-refractivity contribution in [2.24, 2.45) is 0 Å². The predicted octanol–water partition coefficient (Wildman–Crippen LogP) is 1.75. The van der Waals surface area contributed by atoms with E-state index < -0.39 is 16.1 Å². The number of likely N-dealkylation sites (N-methyl/N-ethyl adjacent to an activating group) is 1. The minimum Gasteiger partial charge on any atom is -0.347 e. The fourth-order valence-corrected chi connectivity index (χ4v) is 5.91. The first-order chi connectivity index (χ1) is 8.84. The highest BCUT2D eigenvalue weighted by Gasteiger charge is 2.40. The number of hydrogen-bond acceptors (Lipinski definition) is 4. The van der Waals surface area contributed by atoms with Crippen LogP contribution in [0.4, 0.5) is 0 Å². The highest BCUT2D eigenvalue weighted by atomic mass is 79.9. The van der Waals surface area contributed by atoms with Crippen molar-refractivity contribution in [1.29, 1.82) is 0 Å². The first kappa shape index (κ1) is 15.0. The minimum atomic E-state index is -3.57. The predicted molar refractivity (Wildman–Crippen MR) is 77.6 cm³/mol. The molecule has 0 aliphatic carbocycles. The van der Waals surface area contributed by atoms with Gasteiger partial charge in [0, 0.05) is 20.6 Å². The maximum atomic E-state index is 12.5. The van der Waals surface area contributed by atoms with Gasteiger partial charge in [0.15, 0.2) is 0 Å². The van der Waals surface area contributed by atoms with Gasteiger partial charge in [-0.3, -0.25) is 4.79 Å². The molecule has 5 nitrogen and oxygen atoms in total. The van der Waals surface area contributed by atoms with Gasteiger partial charge in [-0.1, -0.05) is 0 Å². The van der Waals surface area contributed by atoms with E-state index in [1.165, 1.54) is 20.5 Å². The second kappa shape index (κ2) is 5.51. The average molecular weight is 367 g/mol. The molecule has 2 heterocycles. The molecule has 2 rings (SSSR count). The number of carbonyl (C=O) groups is 1. The molecule has 0 aromatic carbocycles. The van der Waals surface area contributed by atoms with Crippen molar-refractivity contribution in [1.82, 2.24) is 9.21 Å². The summed E-state index contributed by atoms with van der Waals surface area (Å²) in [4.78, 5) is 13.5. The Bertz CT molecular complexity index is 583. The van der Waals surface area contributed by atoms with Gasteiger partial charge in [-0.15, -0.1) is 11.3 Å². The lowest BCUT2D eigenvalue weighted by Gasteiger charge is -2.24. The summed E-state index contributed by atoms with van der Waals surface area (Å²) < 4.78 is 27.4. The second-order valence-electron chi connectivity index (χ2n) is 4.56. The third kappa shape index (κ3) is 2.86. The van der Waals surface area contributed by atoms with E-state index in [9.17, 15) is 13.2 Å². The molecule has 0 saturated carbocycles. The van der Waals surface area contributed by atoms with Gasteiger partial charge in [-0.05, 0) is 40.9 Å². The standard InChI is InChI=1S/C11H15BrN2O3S2/c1-13(2)11(15)8-4-3-7-14(8)19(16,17)10-6-5-9(12)18-10/h5-6,8H,3-4,7H2,1-2H3. The minimum absolute atomic E-state index is 0.156. The number of sulfonamides is 1. The molecule has 0 spiro atoms. The van der Waals surface area contributed by atoms with Crippen LogP contribution in [0.3, 0.4) is 0 Å². The molecule has 1 aromatic heterocycles. The number of nitrogens with zero attached hydrogens (tertiary/aromatic N) is 2. The summed E-state index contributed by atoms with van der Waals surface area (Å²) in [6.07, 6.45) is 1.30. The summed E-state index contributed by atoms with van der Waals surface area (Å²) in [5, 5.41) is 0. The Hall–Kier alpha value is -0.440. The third-order valence-corrected chi connectivity index (χ3v) is 7.04. The zero-order valence-corrected chi connectivity index (χ0v) is 13.9. The van der Waals surface area contributed by atoms with E-state index in [0.29, 0.717) is 13.0 Å². The fourth-order valence-electron chi connectivity index (χ4n) is 2.12. The number of halogens is 1. The maximum Gasteiger partial charge on any atom is 0.253 e. The van der Waals surface area contributed by atoms with Gasteiger partial charge >= 0.3 is 0 Å². The van der Waals surface area contributed by atoms with Crippen molar-refractivity contribution in [3.63, 3.8) is 0 Å². The van der Waals surface area contributed by atoms with Crippen LogP contribution in [0.25, 0.3) is 0 Å². The number of carbonyl (C=O) groups excluding carboxylic acids is 1. The van der Waals surface area contributed by atoms with Crippen LogP contribution < -0.4 is 0 Å². The lowest BCUT2D eigenvalue weighted by molar-refractivity contribution is -0.132. The Labute approximate surface area is 125 Å². The third-order valence-electron chi connectivity index (χ3n) is 3.04. The summed E-state index contributed by atoms with van der Waals surface area (Å²) >= 11 is 4.43. The van der Waals surface area contributed by atoms with Gasteiger partial charge in [-0.25, -0.2) is 8.42 Å². The van der Waals surface area contributed by atoms with Crippen LogP contribution in [0, 0.1) is 0 Å². The number of thiophene rings is 1. The van der Waals surface area contributed by atoms with Crippen LogP contribution >= 0.6 is 27.3 Å². The first-order valence-corrected chi connectivity index (χ1v) is 8.87. The van der Waals surface area contributed by atoms with Crippen molar-refractivity contribution < 1.29 is 13.2 Å². The van der Waals surface area contributed by atoms with Crippen molar-refractivity contribution in [3.8, 4) is 0 Å². The molecule has 19 heavy (non-hydrogen) atoms. The topological polar surface area (TPSA) is 57.7 Å². The highest BCUT2D eigenvalue weighted by Crippen LogP contribution is 2.32. The summed E-state index contributed by atoms with van der Waals surface area (Å²) in [6, 6.07) is 2.71. The van der Waals surface area contributed by atoms with E-state index in [0.717, 1.165) is 10.2 Å². The highest BCUT2D eigenvalue weighted by molar-refractivity contribution is 9.11. The van der Waals surface area contributed by atoms with Gasteiger partial charge < -0.3 is 4.90 Å². The molecule has 1 atom stereocenters. The van der Waals surface area contributed by atoms with Crippen LogP contribution in [0.5, 0.6) is 0 Å². The molecular formula is C11H15BrN2O3S2. The Kier molecular flexibility index (Phi) is 4.34. The van der Waals surface area contributed by atoms with E-state index in [2.05, 4.69) is 15.9 Å². The lowest BCUT2D eigenvalue weighted by Crippen LogP contribution is -2.45. The quantitative estimate of drug-likeness (QED) is 0.818. The zero-order chi connectivity index (χ0) is 14.2. The molecule has 8 heteroatoms. The van der Waals surface area contributed by atoms with Gasteiger partial charge in [0.1, 0.15) is 10.3 Å². The first-order valence-electron chi connectivity index (χ1n) is 5.82. The molecule has 0 radical (unpaired) electrons. The summed E-state index contributed by atoms with van der Waals surface area (Å²) in [5.41, 5.74) is 0. The average Bonchev–Trinajstić information content (AvgIpc) is 2.96. The Morgan fingerprint density at radius 3 is 2.68 bits per heavy atom. The molecule has 1 saturated heterocycles. The fraction of sp³-hybridized carbons (Fsp3) is 0.545. The van der Waals surface area contributed by atoms with Crippen molar-refractivity contribution >= 4 is 43.2 Å². The van der Waals surface area contributed by atoms with Crippen LogP contribution in [-0.2, 0) is 14.8 Å². The van der Waals surface area contributed by atoms with Crippen molar-refractivity contribution in [2.75, 3.05) is 20.6 Å². The van der Waals surface area contributed by atoms with Crippen LogP contribution in [0.2, 0.25) is 0 Å². The molecule has 0 bridgehead atoms. The number of rotatable bonds is 3. The van der Waals surface area contributed by atoms with Gasteiger partial charge in [0.05, 0.1) is 3.79 Å². The summed E-state index contributed by atoms with van der Waals surface area (Å²) in [7, 11) is -0.279. The van der Waals surface area contributed by atoms with E-state index >= 15 is 0 Å². The van der Waals surface area contributed by atoms with Crippen molar-refractivity contribution in [2.45, 2.75) is 23.1 Å².